The normalized spacial score (nSPS) is 11.5. The zero-order valence-electron chi connectivity index (χ0n) is 30.8. The molecule has 0 aliphatic heterocycles. The largest absolute Gasteiger partial charge is 0.455 e. The van der Waals surface area contributed by atoms with Crippen LogP contribution in [0.3, 0.4) is 0 Å². The third-order valence-corrected chi connectivity index (χ3v) is 10.9. The number of para-hydroxylation sites is 1. The molecule has 0 atom stereocenters. The van der Waals surface area contributed by atoms with E-state index in [1.165, 1.54) is 21.9 Å². The molecule has 0 saturated carbocycles. The first-order valence-electron chi connectivity index (χ1n) is 19.2. The van der Waals surface area contributed by atoms with Crippen molar-refractivity contribution in [3.8, 4) is 67.5 Å². The Bertz CT molecular complexity index is 3270. The van der Waals surface area contributed by atoms with Gasteiger partial charge in [-0.05, 0) is 56.1 Å². The quantitative estimate of drug-likeness (QED) is 0.171. The zero-order chi connectivity index (χ0) is 37.7. The Labute approximate surface area is 329 Å². The van der Waals surface area contributed by atoms with Gasteiger partial charge in [-0.15, -0.1) is 0 Å². The van der Waals surface area contributed by atoms with Crippen molar-refractivity contribution in [2.24, 2.45) is 0 Å². The zero-order valence-corrected chi connectivity index (χ0v) is 30.8. The highest BCUT2D eigenvalue weighted by Gasteiger charge is 2.20. The monoisotopic (exact) mass is 727 g/mol. The smallest absolute Gasteiger partial charge is 0.164 e. The molecule has 11 rings (SSSR count). The van der Waals surface area contributed by atoms with Gasteiger partial charge < -0.3 is 4.42 Å². The molecule has 0 bridgehead atoms. The van der Waals surface area contributed by atoms with E-state index < -0.39 is 0 Å². The lowest BCUT2D eigenvalue weighted by Crippen LogP contribution is -2.00. The predicted octanol–water partition coefficient (Wildman–Crippen LogP) is 14.1. The molecule has 0 saturated heterocycles. The number of hydrogen-bond acceptors (Lipinski definition) is 4. The minimum Gasteiger partial charge on any atom is -0.455 e. The summed E-state index contributed by atoms with van der Waals surface area (Å²) in [5.41, 5.74) is 11.3. The van der Waals surface area contributed by atoms with Gasteiger partial charge in [0.05, 0.1) is 0 Å². The number of rotatable bonds is 6. The van der Waals surface area contributed by atoms with Crippen molar-refractivity contribution in [1.29, 1.82) is 0 Å². The standard InChI is InChI=1S/C53H33N3O/c1-3-14-34(15-4-1)39-20-11-21-40(32-39)43-26-13-27-46-47-33-48(44-23-9-10-24-45(44)50(47)57-49(43)46)53-55-51(37-17-5-2-6-18-37)54-52(56-53)38-30-28-36(29-31-38)42-25-12-19-35-16-7-8-22-41(35)42/h1-33H. The lowest BCUT2D eigenvalue weighted by Gasteiger charge is -2.12. The van der Waals surface area contributed by atoms with Crippen LogP contribution in [0.2, 0.25) is 0 Å². The van der Waals surface area contributed by atoms with Crippen molar-refractivity contribution < 1.29 is 4.42 Å². The fourth-order valence-electron chi connectivity index (χ4n) is 8.15. The number of furan rings is 1. The summed E-state index contributed by atoms with van der Waals surface area (Å²) in [6, 6.07) is 69.8. The van der Waals surface area contributed by atoms with Crippen molar-refractivity contribution >= 4 is 43.5 Å². The molecular formula is C53H33N3O. The van der Waals surface area contributed by atoms with Crippen LogP contribution in [0.15, 0.2) is 205 Å². The van der Waals surface area contributed by atoms with Crippen molar-refractivity contribution in [3.63, 3.8) is 0 Å². The van der Waals surface area contributed by atoms with Crippen LogP contribution in [-0.4, -0.2) is 15.0 Å². The minimum absolute atomic E-state index is 0.608. The average molecular weight is 728 g/mol. The van der Waals surface area contributed by atoms with Gasteiger partial charge >= 0.3 is 0 Å². The summed E-state index contributed by atoms with van der Waals surface area (Å²) < 4.78 is 6.90. The van der Waals surface area contributed by atoms with Gasteiger partial charge in [0.15, 0.2) is 17.5 Å². The Morgan fingerprint density at radius 1 is 0.263 bits per heavy atom. The van der Waals surface area contributed by atoms with E-state index in [1.54, 1.807) is 0 Å². The van der Waals surface area contributed by atoms with Crippen LogP contribution in [0.1, 0.15) is 0 Å². The lowest BCUT2D eigenvalue weighted by molar-refractivity contribution is 0.674. The number of benzene rings is 9. The first-order valence-corrected chi connectivity index (χ1v) is 19.2. The molecule has 0 unspecified atom stereocenters. The second-order valence-corrected chi connectivity index (χ2v) is 14.4. The molecule has 2 aromatic heterocycles. The number of aromatic nitrogens is 3. The highest BCUT2D eigenvalue weighted by Crippen LogP contribution is 2.43. The molecule has 0 radical (unpaired) electrons. The average Bonchev–Trinajstić information content (AvgIpc) is 3.68. The Balaban J connectivity index is 1.08. The summed E-state index contributed by atoms with van der Waals surface area (Å²) in [7, 11) is 0. The van der Waals surface area contributed by atoms with E-state index in [9.17, 15) is 0 Å². The second kappa shape index (κ2) is 13.6. The molecule has 0 aliphatic carbocycles. The summed E-state index contributed by atoms with van der Waals surface area (Å²) in [6.45, 7) is 0. The van der Waals surface area contributed by atoms with Gasteiger partial charge in [-0.3, -0.25) is 0 Å². The third kappa shape index (κ3) is 5.74. The molecule has 11 aromatic rings. The fraction of sp³-hybridized carbons (Fsp3) is 0. The molecular weight excluding hydrogens is 695 g/mol. The van der Waals surface area contributed by atoms with Crippen molar-refractivity contribution in [3.05, 3.63) is 200 Å². The molecule has 0 N–H and O–H groups in total. The van der Waals surface area contributed by atoms with Gasteiger partial charge in [0.25, 0.3) is 0 Å². The molecule has 2 heterocycles. The van der Waals surface area contributed by atoms with E-state index in [2.05, 4.69) is 164 Å². The molecule has 9 aromatic carbocycles. The Morgan fingerprint density at radius 3 is 1.56 bits per heavy atom. The van der Waals surface area contributed by atoms with Gasteiger partial charge in [0.2, 0.25) is 0 Å². The maximum Gasteiger partial charge on any atom is 0.164 e. The molecule has 0 amide bonds. The minimum atomic E-state index is 0.608. The lowest BCUT2D eigenvalue weighted by atomic mass is 9.96. The highest BCUT2D eigenvalue weighted by atomic mass is 16.3. The van der Waals surface area contributed by atoms with Gasteiger partial charge in [0.1, 0.15) is 11.2 Å². The van der Waals surface area contributed by atoms with Crippen LogP contribution in [0, 0.1) is 0 Å². The van der Waals surface area contributed by atoms with Gasteiger partial charge in [-0.1, -0.05) is 188 Å². The molecule has 0 spiro atoms. The van der Waals surface area contributed by atoms with Gasteiger partial charge in [-0.2, -0.15) is 0 Å². The van der Waals surface area contributed by atoms with Crippen LogP contribution in [0.25, 0.3) is 111 Å². The van der Waals surface area contributed by atoms with Crippen LogP contribution in [-0.2, 0) is 0 Å². The van der Waals surface area contributed by atoms with E-state index in [1.807, 2.05) is 36.4 Å². The van der Waals surface area contributed by atoms with Crippen molar-refractivity contribution in [2.75, 3.05) is 0 Å². The van der Waals surface area contributed by atoms with Crippen LogP contribution in [0.5, 0.6) is 0 Å². The van der Waals surface area contributed by atoms with Crippen molar-refractivity contribution in [1.82, 2.24) is 15.0 Å². The summed E-state index contributed by atoms with van der Waals surface area (Å²) in [5, 5.41) is 6.52. The maximum absolute atomic E-state index is 6.90. The van der Waals surface area contributed by atoms with E-state index >= 15 is 0 Å². The molecule has 4 heteroatoms. The number of hydrogen-bond donors (Lipinski definition) is 0. The third-order valence-electron chi connectivity index (χ3n) is 10.9. The van der Waals surface area contributed by atoms with Crippen LogP contribution in [0.4, 0.5) is 0 Å². The molecule has 0 fully saturated rings. The molecule has 57 heavy (non-hydrogen) atoms. The number of nitrogens with zero attached hydrogens (tertiary/aromatic N) is 3. The Morgan fingerprint density at radius 2 is 0.772 bits per heavy atom. The van der Waals surface area contributed by atoms with E-state index in [0.29, 0.717) is 17.5 Å². The Kier molecular flexibility index (Phi) is 7.78. The topological polar surface area (TPSA) is 51.8 Å². The first-order chi connectivity index (χ1) is 28.2. The van der Waals surface area contributed by atoms with Crippen LogP contribution < -0.4 is 0 Å². The van der Waals surface area contributed by atoms with Gasteiger partial charge in [-0.25, -0.2) is 15.0 Å². The number of fused-ring (bicyclic) bond motifs is 6. The summed E-state index contributed by atoms with van der Waals surface area (Å²) in [5.74, 6) is 1.84. The Hall–Kier alpha value is -7.69. The second-order valence-electron chi connectivity index (χ2n) is 14.4. The summed E-state index contributed by atoms with van der Waals surface area (Å²) >= 11 is 0. The first kappa shape index (κ1) is 32.7. The van der Waals surface area contributed by atoms with Crippen molar-refractivity contribution in [2.45, 2.75) is 0 Å². The molecule has 266 valence electrons. The van der Waals surface area contributed by atoms with Crippen LogP contribution >= 0.6 is 0 Å². The van der Waals surface area contributed by atoms with E-state index in [4.69, 9.17) is 19.4 Å². The molecule has 4 nitrogen and oxygen atoms in total. The summed E-state index contributed by atoms with van der Waals surface area (Å²) in [4.78, 5) is 15.5. The maximum atomic E-state index is 6.90. The SMILES string of the molecule is c1ccc(-c2cccc(-c3cccc4c3oc3c5ccccc5c(-c5nc(-c6ccccc6)nc(-c6ccc(-c7cccc8ccccc78)cc6)n5)cc43)c2)cc1. The fourth-order valence-corrected chi connectivity index (χ4v) is 8.15. The predicted molar refractivity (Wildman–Crippen MR) is 235 cm³/mol. The molecule has 0 aliphatic rings. The van der Waals surface area contributed by atoms with Gasteiger partial charge in [0, 0.05) is 38.4 Å². The highest BCUT2D eigenvalue weighted by molar-refractivity contribution is 6.20. The van der Waals surface area contributed by atoms with E-state index in [-0.39, 0.29) is 0 Å². The summed E-state index contributed by atoms with van der Waals surface area (Å²) in [6.07, 6.45) is 0. The van der Waals surface area contributed by atoms with E-state index in [0.717, 1.165) is 71.7 Å².